The largest absolute Gasteiger partial charge is 0.403 e. The van der Waals surface area contributed by atoms with Crippen molar-refractivity contribution in [2.45, 2.75) is 11.8 Å². The third kappa shape index (κ3) is 3.75. The average Bonchev–Trinajstić information content (AvgIpc) is 3.05. The van der Waals surface area contributed by atoms with Gasteiger partial charge in [-0.05, 0) is 36.1 Å². The number of rotatable bonds is 5. The molecule has 0 fully saturated rings. The topological polar surface area (TPSA) is 80.9 Å². The molecule has 0 radical (unpaired) electrons. The van der Waals surface area contributed by atoms with Crippen LogP contribution in [0.5, 0.6) is 0 Å². The summed E-state index contributed by atoms with van der Waals surface area (Å²) in [6.07, 6.45) is 3.27. The summed E-state index contributed by atoms with van der Waals surface area (Å²) in [6.45, 7) is 2.07. The number of thioether (sulfide) groups is 1. The Bertz CT molecular complexity index is 805. The predicted octanol–water partition coefficient (Wildman–Crippen LogP) is 3.50. The van der Waals surface area contributed by atoms with Gasteiger partial charge in [-0.2, -0.15) is 0 Å². The molecular weight excluding hydrogens is 312 g/mol. The molecule has 3 rings (SSSR count). The summed E-state index contributed by atoms with van der Waals surface area (Å²) in [5, 5.41) is 10.4. The van der Waals surface area contributed by atoms with Crippen molar-refractivity contribution in [3.05, 3.63) is 54.4 Å². The first-order valence-electron chi connectivity index (χ1n) is 7.04. The van der Waals surface area contributed by atoms with Gasteiger partial charge >= 0.3 is 6.01 Å². The minimum absolute atomic E-state index is 0.0651. The molecule has 0 saturated carbocycles. The molecule has 0 bridgehead atoms. The van der Waals surface area contributed by atoms with E-state index in [1.54, 1.807) is 42.4 Å². The number of aromatic nitrogens is 3. The van der Waals surface area contributed by atoms with E-state index in [4.69, 9.17) is 4.42 Å². The average molecular weight is 326 g/mol. The molecule has 6 nitrogen and oxygen atoms in total. The lowest BCUT2D eigenvalue weighted by Gasteiger charge is -2.03. The first-order valence-corrected chi connectivity index (χ1v) is 8.03. The molecule has 0 atom stereocenters. The summed E-state index contributed by atoms with van der Waals surface area (Å²) in [5.74, 6) is 0.996. The van der Waals surface area contributed by atoms with E-state index in [1.165, 1.54) is 0 Å². The van der Waals surface area contributed by atoms with E-state index >= 15 is 0 Å². The summed E-state index contributed by atoms with van der Waals surface area (Å²) < 4.78 is 5.45. The van der Waals surface area contributed by atoms with Crippen LogP contribution in [0.1, 0.15) is 17.3 Å². The van der Waals surface area contributed by atoms with Crippen LogP contribution < -0.4 is 5.32 Å². The Labute approximate surface area is 137 Å². The molecule has 0 aliphatic heterocycles. The molecule has 0 saturated heterocycles. The second kappa shape index (κ2) is 7.06. The van der Waals surface area contributed by atoms with E-state index in [-0.39, 0.29) is 11.9 Å². The van der Waals surface area contributed by atoms with Gasteiger partial charge in [0.05, 0.1) is 0 Å². The Morgan fingerprint density at radius 3 is 2.83 bits per heavy atom. The van der Waals surface area contributed by atoms with E-state index in [2.05, 4.69) is 27.4 Å². The fourth-order valence-electron chi connectivity index (χ4n) is 1.95. The second-order valence-corrected chi connectivity index (χ2v) is 5.90. The van der Waals surface area contributed by atoms with Crippen LogP contribution in [0.3, 0.4) is 0 Å². The fraction of sp³-hybridized carbons (Fsp3) is 0.125. The van der Waals surface area contributed by atoms with Crippen molar-refractivity contribution in [2.75, 3.05) is 11.1 Å². The number of carbonyl (C=O) groups is 1. The number of benzene rings is 1. The zero-order chi connectivity index (χ0) is 16.1. The van der Waals surface area contributed by atoms with Gasteiger partial charge in [0, 0.05) is 28.4 Å². The zero-order valence-electron chi connectivity index (χ0n) is 12.4. The number of nitrogens with zero attached hydrogens (tertiary/aromatic N) is 3. The number of anilines is 1. The Morgan fingerprint density at radius 1 is 1.22 bits per heavy atom. The Hall–Kier alpha value is -2.67. The number of pyridine rings is 1. The highest BCUT2D eigenvalue weighted by atomic mass is 32.2. The van der Waals surface area contributed by atoms with Crippen LogP contribution in [0.25, 0.3) is 11.5 Å². The quantitative estimate of drug-likeness (QED) is 0.723. The highest BCUT2D eigenvalue weighted by molar-refractivity contribution is 7.99. The van der Waals surface area contributed by atoms with Crippen molar-refractivity contribution in [3.63, 3.8) is 0 Å². The van der Waals surface area contributed by atoms with E-state index < -0.39 is 0 Å². The van der Waals surface area contributed by atoms with Crippen LogP contribution in [0.4, 0.5) is 6.01 Å². The van der Waals surface area contributed by atoms with Crippen LogP contribution in [-0.4, -0.2) is 26.8 Å². The summed E-state index contributed by atoms with van der Waals surface area (Å²) >= 11 is 1.68. The van der Waals surface area contributed by atoms with Gasteiger partial charge in [0.2, 0.25) is 5.89 Å². The maximum absolute atomic E-state index is 12.3. The summed E-state index contributed by atoms with van der Waals surface area (Å²) in [6, 6.07) is 11.0. The number of carbonyl (C=O) groups excluding carboxylic acids is 1. The minimum Gasteiger partial charge on any atom is -0.403 e. The second-order valence-electron chi connectivity index (χ2n) is 4.56. The molecule has 0 spiro atoms. The number of amides is 1. The van der Waals surface area contributed by atoms with Crippen LogP contribution in [0.2, 0.25) is 0 Å². The van der Waals surface area contributed by atoms with Gasteiger partial charge in [0.25, 0.3) is 5.91 Å². The molecule has 23 heavy (non-hydrogen) atoms. The molecule has 2 aromatic heterocycles. The van der Waals surface area contributed by atoms with Gasteiger partial charge in [-0.1, -0.05) is 18.1 Å². The lowest BCUT2D eigenvalue weighted by molar-refractivity contribution is 0.102. The number of hydrogen-bond donors (Lipinski definition) is 1. The van der Waals surface area contributed by atoms with Gasteiger partial charge in [-0.25, -0.2) is 0 Å². The van der Waals surface area contributed by atoms with Crippen molar-refractivity contribution >= 4 is 23.7 Å². The first-order chi connectivity index (χ1) is 11.3. The lowest BCUT2D eigenvalue weighted by Crippen LogP contribution is -2.12. The van der Waals surface area contributed by atoms with E-state index in [0.717, 1.165) is 16.2 Å². The Morgan fingerprint density at radius 2 is 2.04 bits per heavy atom. The van der Waals surface area contributed by atoms with Crippen LogP contribution >= 0.6 is 11.8 Å². The number of hydrogen-bond acceptors (Lipinski definition) is 6. The van der Waals surface area contributed by atoms with Gasteiger partial charge in [-0.15, -0.1) is 16.9 Å². The molecule has 116 valence electrons. The summed E-state index contributed by atoms with van der Waals surface area (Å²) in [5.41, 5.74) is 1.29. The van der Waals surface area contributed by atoms with Gasteiger partial charge < -0.3 is 4.42 Å². The van der Waals surface area contributed by atoms with Crippen molar-refractivity contribution in [1.82, 2.24) is 15.2 Å². The highest BCUT2D eigenvalue weighted by Crippen LogP contribution is 2.21. The lowest BCUT2D eigenvalue weighted by atomic mass is 10.2. The van der Waals surface area contributed by atoms with Crippen LogP contribution in [-0.2, 0) is 0 Å². The van der Waals surface area contributed by atoms with Crippen molar-refractivity contribution < 1.29 is 9.21 Å². The number of nitrogens with one attached hydrogen (secondary N) is 1. The maximum Gasteiger partial charge on any atom is 0.322 e. The maximum atomic E-state index is 12.3. The SMILES string of the molecule is CCSc1cccc(C(=O)Nc2nnc(-c3ccncc3)o2)c1. The molecule has 1 N–H and O–H groups in total. The third-order valence-electron chi connectivity index (χ3n) is 2.98. The third-order valence-corrected chi connectivity index (χ3v) is 3.86. The summed E-state index contributed by atoms with van der Waals surface area (Å²) in [4.78, 5) is 17.2. The molecule has 7 heteroatoms. The normalized spacial score (nSPS) is 10.5. The van der Waals surface area contributed by atoms with Crippen LogP contribution in [0.15, 0.2) is 58.1 Å². The molecule has 0 unspecified atom stereocenters. The van der Waals surface area contributed by atoms with Crippen molar-refractivity contribution in [1.29, 1.82) is 0 Å². The standard InChI is InChI=1S/C16H14N4O2S/c1-2-23-13-5-3-4-12(10-13)14(21)18-16-20-19-15(22-16)11-6-8-17-9-7-11/h3-10H,2H2,1H3,(H,18,20,21). The molecule has 1 aromatic carbocycles. The minimum atomic E-state index is -0.284. The first kappa shape index (κ1) is 15.2. The highest BCUT2D eigenvalue weighted by Gasteiger charge is 2.13. The van der Waals surface area contributed by atoms with Crippen molar-refractivity contribution in [2.24, 2.45) is 0 Å². The van der Waals surface area contributed by atoms with E-state index in [0.29, 0.717) is 11.5 Å². The van der Waals surface area contributed by atoms with Gasteiger partial charge in [0.15, 0.2) is 0 Å². The Kier molecular flexibility index (Phi) is 4.68. The molecule has 3 aromatic rings. The van der Waals surface area contributed by atoms with Crippen molar-refractivity contribution in [3.8, 4) is 11.5 Å². The summed E-state index contributed by atoms with van der Waals surface area (Å²) in [7, 11) is 0. The van der Waals surface area contributed by atoms with E-state index in [9.17, 15) is 4.79 Å². The van der Waals surface area contributed by atoms with Gasteiger partial charge in [-0.3, -0.25) is 15.1 Å². The Balaban J connectivity index is 1.73. The van der Waals surface area contributed by atoms with Crippen LogP contribution in [0, 0.1) is 0 Å². The monoisotopic (exact) mass is 326 g/mol. The molecule has 1 amide bonds. The fourth-order valence-corrected chi connectivity index (χ4v) is 2.67. The zero-order valence-corrected chi connectivity index (χ0v) is 13.2. The van der Waals surface area contributed by atoms with Gasteiger partial charge in [0.1, 0.15) is 0 Å². The van der Waals surface area contributed by atoms with E-state index in [1.807, 2.05) is 18.2 Å². The predicted molar refractivity (Wildman–Crippen MR) is 88.3 cm³/mol. The smallest absolute Gasteiger partial charge is 0.322 e. The molecule has 2 heterocycles. The molecule has 0 aliphatic carbocycles. The molecule has 0 aliphatic rings. The molecular formula is C16H14N4O2S.